The third kappa shape index (κ3) is 3.31. The van der Waals surface area contributed by atoms with Gasteiger partial charge in [0.2, 0.25) is 0 Å². The first kappa shape index (κ1) is 13.1. The van der Waals surface area contributed by atoms with Crippen molar-refractivity contribution in [1.29, 1.82) is 0 Å². The smallest absolute Gasteiger partial charge is 0.192 e. The Morgan fingerprint density at radius 1 is 1.39 bits per heavy atom. The van der Waals surface area contributed by atoms with Crippen molar-refractivity contribution in [3.05, 3.63) is 29.7 Å². The van der Waals surface area contributed by atoms with Crippen molar-refractivity contribution in [2.75, 3.05) is 27.2 Å². The Labute approximate surface area is 108 Å². The predicted octanol–water partition coefficient (Wildman–Crippen LogP) is 2.18. The van der Waals surface area contributed by atoms with Gasteiger partial charge >= 0.3 is 0 Å². The average Bonchev–Trinajstić information content (AvgIpc) is 2.69. The topological polar surface area (TPSA) is 41.3 Å². The van der Waals surface area contributed by atoms with Crippen LogP contribution in [0, 0.1) is 6.92 Å². The number of nitrogens with one attached hydrogen (secondary N) is 1. The van der Waals surface area contributed by atoms with Gasteiger partial charge in [0.25, 0.3) is 0 Å². The van der Waals surface area contributed by atoms with Crippen molar-refractivity contribution in [2.24, 2.45) is 0 Å². The fraction of sp³-hybridized carbons (Fsp3) is 0.500. The molecule has 1 heterocycles. The van der Waals surface area contributed by atoms with E-state index in [1.54, 1.807) is 0 Å². The highest BCUT2D eigenvalue weighted by Crippen LogP contribution is 2.17. The van der Waals surface area contributed by atoms with Crippen molar-refractivity contribution in [2.45, 2.75) is 19.9 Å². The van der Waals surface area contributed by atoms with Crippen LogP contribution in [0.1, 0.15) is 17.9 Å². The Kier molecular flexibility index (Phi) is 4.33. The molecule has 4 heteroatoms. The summed E-state index contributed by atoms with van der Waals surface area (Å²) in [5.41, 5.74) is 3.09. The number of rotatable bonds is 6. The van der Waals surface area contributed by atoms with Crippen LogP contribution in [0.2, 0.25) is 0 Å². The monoisotopic (exact) mass is 247 g/mol. The molecule has 2 rings (SSSR count). The van der Waals surface area contributed by atoms with Gasteiger partial charge in [0.05, 0.1) is 0 Å². The minimum atomic E-state index is 0.726. The van der Waals surface area contributed by atoms with E-state index in [0.29, 0.717) is 0 Å². The highest BCUT2D eigenvalue weighted by molar-refractivity contribution is 5.73. The van der Waals surface area contributed by atoms with E-state index >= 15 is 0 Å². The van der Waals surface area contributed by atoms with Gasteiger partial charge in [-0.2, -0.15) is 0 Å². The molecular weight excluding hydrogens is 226 g/mol. The van der Waals surface area contributed by atoms with E-state index in [4.69, 9.17) is 4.42 Å². The van der Waals surface area contributed by atoms with Crippen molar-refractivity contribution < 1.29 is 4.42 Å². The second-order valence-corrected chi connectivity index (χ2v) is 4.73. The van der Waals surface area contributed by atoms with E-state index in [1.165, 1.54) is 5.56 Å². The summed E-state index contributed by atoms with van der Waals surface area (Å²) < 4.78 is 5.55. The van der Waals surface area contributed by atoms with Crippen LogP contribution in [-0.4, -0.2) is 37.1 Å². The van der Waals surface area contributed by atoms with Gasteiger partial charge < -0.3 is 14.6 Å². The molecular formula is C14H21N3O. The molecule has 4 nitrogen and oxygen atoms in total. The normalized spacial score (nSPS) is 11.6. The molecule has 1 N–H and O–H groups in total. The molecule has 0 aliphatic rings. The van der Waals surface area contributed by atoms with Gasteiger partial charge in [-0.05, 0) is 51.3 Å². The predicted molar refractivity (Wildman–Crippen MR) is 73.6 cm³/mol. The third-order valence-electron chi connectivity index (χ3n) is 2.98. The number of hydrogen-bond donors (Lipinski definition) is 1. The summed E-state index contributed by atoms with van der Waals surface area (Å²) in [6.45, 7) is 4.97. The van der Waals surface area contributed by atoms with Crippen molar-refractivity contribution in [3.63, 3.8) is 0 Å². The van der Waals surface area contributed by atoms with Crippen LogP contribution in [-0.2, 0) is 6.54 Å². The van der Waals surface area contributed by atoms with E-state index in [-0.39, 0.29) is 0 Å². The number of benzene rings is 1. The van der Waals surface area contributed by atoms with Crippen LogP contribution in [0.15, 0.2) is 22.6 Å². The Bertz CT molecular complexity index is 507. The van der Waals surface area contributed by atoms with Gasteiger partial charge in [-0.15, -0.1) is 0 Å². The van der Waals surface area contributed by atoms with Crippen LogP contribution in [0.25, 0.3) is 11.1 Å². The average molecular weight is 247 g/mol. The minimum Gasteiger partial charge on any atom is -0.441 e. The zero-order valence-electron chi connectivity index (χ0n) is 11.4. The van der Waals surface area contributed by atoms with Gasteiger partial charge in [0, 0.05) is 13.5 Å². The van der Waals surface area contributed by atoms with E-state index in [0.717, 1.165) is 43.0 Å². The first-order valence-corrected chi connectivity index (χ1v) is 6.38. The maximum atomic E-state index is 5.55. The molecule has 2 aromatic rings. The summed E-state index contributed by atoms with van der Waals surface area (Å²) in [6.07, 6.45) is 1.16. The highest BCUT2D eigenvalue weighted by atomic mass is 16.3. The molecule has 18 heavy (non-hydrogen) atoms. The first-order chi connectivity index (χ1) is 8.69. The number of aromatic nitrogens is 1. The summed E-state index contributed by atoms with van der Waals surface area (Å²) in [5.74, 6) is 0.726. The van der Waals surface area contributed by atoms with Gasteiger partial charge in [-0.25, -0.2) is 4.98 Å². The van der Waals surface area contributed by atoms with E-state index in [2.05, 4.69) is 34.4 Å². The standard InChI is InChI=1S/C14H21N3O/c1-11-16-13-6-5-12(9-14(13)18-11)10-17(3)8-4-7-15-2/h5-6,9,15H,4,7-8,10H2,1-3H3. The van der Waals surface area contributed by atoms with Gasteiger partial charge in [-0.1, -0.05) is 6.07 Å². The van der Waals surface area contributed by atoms with E-state index in [1.807, 2.05) is 20.0 Å². The van der Waals surface area contributed by atoms with Crippen molar-refractivity contribution in [3.8, 4) is 0 Å². The Balaban J connectivity index is 1.98. The Morgan fingerprint density at radius 2 is 2.22 bits per heavy atom. The molecule has 1 aromatic carbocycles. The lowest BCUT2D eigenvalue weighted by atomic mass is 10.2. The largest absolute Gasteiger partial charge is 0.441 e. The number of hydrogen-bond acceptors (Lipinski definition) is 4. The summed E-state index contributed by atoms with van der Waals surface area (Å²) in [6, 6.07) is 6.24. The quantitative estimate of drug-likeness (QED) is 0.794. The molecule has 0 atom stereocenters. The second kappa shape index (κ2) is 5.98. The molecule has 1 aromatic heterocycles. The van der Waals surface area contributed by atoms with Gasteiger partial charge in [-0.3, -0.25) is 0 Å². The maximum absolute atomic E-state index is 5.55. The minimum absolute atomic E-state index is 0.726. The lowest BCUT2D eigenvalue weighted by Gasteiger charge is -2.16. The molecule has 0 radical (unpaired) electrons. The second-order valence-electron chi connectivity index (χ2n) is 4.73. The number of oxazole rings is 1. The van der Waals surface area contributed by atoms with E-state index in [9.17, 15) is 0 Å². The summed E-state index contributed by atoms with van der Waals surface area (Å²) in [4.78, 5) is 6.63. The van der Waals surface area contributed by atoms with Crippen molar-refractivity contribution >= 4 is 11.1 Å². The Morgan fingerprint density at radius 3 is 3.00 bits per heavy atom. The van der Waals surface area contributed by atoms with Crippen LogP contribution in [0.3, 0.4) is 0 Å². The maximum Gasteiger partial charge on any atom is 0.192 e. The molecule has 0 saturated carbocycles. The molecule has 0 fully saturated rings. The fourth-order valence-corrected chi connectivity index (χ4v) is 2.10. The van der Waals surface area contributed by atoms with Crippen LogP contribution in [0.4, 0.5) is 0 Å². The molecule has 0 spiro atoms. The molecule has 0 bridgehead atoms. The third-order valence-corrected chi connectivity index (χ3v) is 2.98. The number of aryl methyl sites for hydroxylation is 1. The highest BCUT2D eigenvalue weighted by Gasteiger charge is 2.05. The number of fused-ring (bicyclic) bond motifs is 1. The van der Waals surface area contributed by atoms with Crippen LogP contribution >= 0.6 is 0 Å². The van der Waals surface area contributed by atoms with Crippen LogP contribution in [0.5, 0.6) is 0 Å². The Hall–Kier alpha value is -1.39. The summed E-state index contributed by atoms with van der Waals surface area (Å²) >= 11 is 0. The lowest BCUT2D eigenvalue weighted by Crippen LogP contribution is -2.22. The lowest BCUT2D eigenvalue weighted by molar-refractivity contribution is 0.321. The molecule has 0 aliphatic heterocycles. The van der Waals surface area contributed by atoms with E-state index < -0.39 is 0 Å². The molecule has 0 unspecified atom stereocenters. The fourth-order valence-electron chi connectivity index (χ4n) is 2.10. The number of nitrogens with zero attached hydrogens (tertiary/aromatic N) is 2. The molecule has 0 amide bonds. The molecule has 98 valence electrons. The SMILES string of the molecule is CNCCCN(C)Cc1ccc2nc(C)oc2c1. The van der Waals surface area contributed by atoms with Crippen LogP contribution < -0.4 is 5.32 Å². The molecule has 0 aliphatic carbocycles. The molecule has 0 saturated heterocycles. The van der Waals surface area contributed by atoms with Gasteiger partial charge in [0.15, 0.2) is 11.5 Å². The summed E-state index contributed by atoms with van der Waals surface area (Å²) in [7, 11) is 4.13. The first-order valence-electron chi connectivity index (χ1n) is 6.38. The summed E-state index contributed by atoms with van der Waals surface area (Å²) in [5, 5.41) is 3.16. The van der Waals surface area contributed by atoms with Crippen molar-refractivity contribution in [1.82, 2.24) is 15.2 Å². The zero-order chi connectivity index (χ0) is 13.0. The zero-order valence-corrected chi connectivity index (χ0v) is 11.4. The van der Waals surface area contributed by atoms with Gasteiger partial charge in [0.1, 0.15) is 5.52 Å².